The number of carbonyl (C=O) groups is 2. The molecule has 0 atom stereocenters. The van der Waals surface area contributed by atoms with Gasteiger partial charge in [-0.1, -0.05) is 35.9 Å². The zero-order chi connectivity index (χ0) is 23.4. The van der Waals surface area contributed by atoms with Crippen LogP contribution < -0.4 is 10.6 Å². The molecular formula is C27H28N4O2. The molecule has 0 unspecified atom stereocenters. The lowest BCUT2D eigenvalue weighted by atomic mass is 10.1. The lowest BCUT2D eigenvalue weighted by molar-refractivity contribution is -0.116. The normalized spacial score (nSPS) is 10.9. The van der Waals surface area contributed by atoms with Gasteiger partial charge in [0.05, 0.1) is 11.0 Å². The molecular weight excluding hydrogens is 412 g/mol. The summed E-state index contributed by atoms with van der Waals surface area (Å²) in [5, 5.41) is 5.93. The van der Waals surface area contributed by atoms with Gasteiger partial charge >= 0.3 is 0 Å². The Hall–Kier alpha value is -3.93. The molecule has 6 heteroatoms. The summed E-state index contributed by atoms with van der Waals surface area (Å²) in [6.07, 6.45) is 0.517. The van der Waals surface area contributed by atoms with Crippen LogP contribution in [0.3, 0.4) is 0 Å². The molecule has 0 bridgehead atoms. The number of imidazole rings is 1. The second-order valence-corrected chi connectivity index (χ2v) is 8.32. The Labute approximate surface area is 193 Å². The van der Waals surface area contributed by atoms with Gasteiger partial charge in [0.2, 0.25) is 5.91 Å². The Kier molecular flexibility index (Phi) is 6.54. The third-order valence-electron chi connectivity index (χ3n) is 5.77. The van der Waals surface area contributed by atoms with Gasteiger partial charge in [-0.25, -0.2) is 4.98 Å². The van der Waals surface area contributed by atoms with E-state index in [1.165, 1.54) is 5.56 Å². The van der Waals surface area contributed by atoms with Crippen LogP contribution >= 0.6 is 0 Å². The molecule has 0 radical (unpaired) electrons. The highest BCUT2D eigenvalue weighted by Gasteiger charge is 2.14. The SMILES string of the molecule is Cc1ccc(C(=O)NCCc2nc3ccccc3n2CC(=O)Nc2ccc(C)c(C)c2)cc1. The Morgan fingerprint density at radius 3 is 2.42 bits per heavy atom. The second kappa shape index (κ2) is 9.69. The third-order valence-corrected chi connectivity index (χ3v) is 5.77. The highest BCUT2D eigenvalue weighted by molar-refractivity contribution is 5.94. The van der Waals surface area contributed by atoms with E-state index in [1.807, 2.05) is 92.1 Å². The van der Waals surface area contributed by atoms with Crippen molar-refractivity contribution in [3.8, 4) is 0 Å². The third kappa shape index (κ3) is 5.29. The molecule has 0 spiro atoms. The van der Waals surface area contributed by atoms with Crippen LogP contribution in [0.1, 0.15) is 32.9 Å². The average molecular weight is 441 g/mol. The van der Waals surface area contributed by atoms with Gasteiger partial charge in [0.15, 0.2) is 0 Å². The molecule has 4 aromatic rings. The Balaban J connectivity index is 1.47. The second-order valence-electron chi connectivity index (χ2n) is 8.32. The van der Waals surface area contributed by atoms with E-state index in [1.54, 1.807) is 0 Å². The molecule has 33 heavy (non-hydrogen) atoms. The molecule has 168 valence electrons. The van der Waals surface area contributed by atoms with Crippen molar-refractivity contribution in [2.45, 2.75) is 33.7 Å². The number of para-hydroxylation sites is 2. The van der Waals surface area contributed by atoms with Gasteiger partial charge in [-0.2, -0.15) is 0 Å². The monoisotopic (exact) mass is 440 g/mol. The number of rotatable bonds is 7. The van der Waals surface area contributed by atoms with E-state index in [0.717, 1.165) is 33.7 Å². The lowest BCUT2D eigenvalue weighted by Gasteiger charge is -2.12. The summed E-state index contributed by atoms with van der Waals surface area (Å²) >= 11 is 0. The largest absolute Gasteiger partial charge is 0.352 e. The summed E-state index contributed by atoms with van der Waals surface area (Å²) in [7, 11) is 0. The molecule has 1 heterocycles. The molecule has 0 saturated carbocycles. The maximum Gasteiger partial charge on any atom is 0.251 e. The number of aryl methyl sites for hydroxylation is 3. The first-order chi connectivity index (χ1) is 15.9. The first kappa shape index (κ1) is 22.3. The molecule has 0 aliphatic carbocycles. The molecule has 6 nitrogen and oxygen atoms in total. The van der Waals surface area contributed by atoms with E-state index in [0.29, 0.717) is 18.5 Å². The van der Waals surface area contributed by atoms with Crippen LogP contribution in [0.4, 0.5) is 5.69 Å². The summed E-state index contributed by atoms with van der Waals surface area (Å²) in [4.78, 5) is 30.0. The minimum atomic E-state index is -0.120. The number of nitrogens with one attached hydrogen (secondary N) is 2. The molecule has 1 aromatic heterocycles. The van der Waals surface area contributed by atoms with Crippen LogP contribution in [0.2, 0.25) is 0 Å². The lowest BCUT2D eigenvalue weighted by Crippen LogP contribution is -2.27. The van der Waals surface area contributed by atoms with E-state index >= 15 is 0 Å². The van der Waals surface area contributed by atoms with E-state index in [-0.39, 0.29) is 18.4 Å². The van der Waals surface area contributed by atoms with Crippen molar-refractivity contribution >= 4 is 28.5 Å². The number of benzene rings is 3. The Morgan fingerprint density at radius 1 is 0.909 bits per heavy atom. The highest BCUT2D eigenvalue weighted by Crippen LogP contribution is 2.18. The molecule has 3 aromatic carbocycles. The smallest absolute Gasteiger partial charge is 0.251 e. The maximum absolute atomic E-state index is 12.8. The number of hydrogen-bond acceptors (Lipinski definition) is 3. The van der Waals surface area contributed by atoms with Gasteiger partial charge in [0, 0.05) is 24.2 Å². The standard InChI is InChI=1S/C27H28N4O2/c1-18-8-11-21(12-9-18)27(33)28-15-14-25-30-23-6-4-5-7-24(23)31(25)17-26(32)29-22-13-10-19(2)20(3)16-22/h4-13,16H,14-15,17H2,1-3H3,(H,28,33)(H,29,32). The fraction of sp³-hybridized carbons (Fsp3) is 0.222. The number of hydrogen-bond donors (Lipinski definition) is 2. The van der Waals surface area contributed by atoms with Crippen LogP contribution in [0.5, 0.6) is 0 Å². The van der Waals surface area contributed by atoms with E-state index < -0.39 is 0 Å². The molecule has 2 amide bonds. The van der Waals surface area contributed by atoms with Crippen molar-refractivity contribution in [1.29, 1.82) is 0 Å². The first-order valence-corrected chi connectivity index (χ1v) is 11.1. The van der Waals surface area contributed by atoms with Crippen LogP contribution in [0.25, 0.3) is 11.0 Å². The summed E-state index contributed by atoms with van der Waals surface area (Å²) in [5.41, 5.74) is 6.55. The number of fused-ring (bicyclic) bond motifs is 1. The minimum absolute atomic E-state index is 0.119. The van der Waals surface area contributed by atoms with Gasteiger partial charge in [0.1, 0.15) is 12.4 Å². The van der Waals surface area contributed by atoms with Crippen LogP contribution in [-0.2, 0) is 17.8 Å². The van der Waals surface area contributed by atoms with E-state index in [2.05, 4.69) is 10.6 Å². The highest BCUT2D eigenvalue weighted by atomic mass is 16.2. The Bertz CT molecular complexity index is 1310. The predicted molar refractivity (Wildman–Crippen MR) is 131 cm³/mol. The summed E-state index contributed by atoms with van der Waals surface area (Å²) in [6.45, 7) is 6.63. The van der Waals surface area contributed by atoms with Gasteiger partial charge in [-0.3, -0.25) is 9.59 Å². The van der Waals surface area contributed by atoms with Gasteiger partial charge < -0.3 is 15.2 Å². The first-order valence-electron chi connectivity index (χ1n) is 11.1. The molecule has 0 aliphatic rings. The zero-order valence-electron chi connectivity index (χ0n) is 19.2. The van der Waals surface area contributed by atoms with Gasteiger partial charge in [-0.05, 0) is 68.3 Å². The summed E-state index contributed by atoms with van der Waals surface area (Å²) in [6, 6.07) is 21.1. The fourth-order valence-corrected chi connectivity index (χ4v) is 3.75. The predicted octanol–water partition coefficient (Wildman–Crippen LogP) is 4.57. The molecule has 0 saturated heterocycles. The zero-order valence-corrected chi connectivity index (χ0v) is 19.2. The quantitative estimate of drug-likeness (QED) is 0.442. The van der Waals surface area contributed by atoms with E-state index in [4.69, 9.17) is 4.98 Å². The molecule has 4 rings (SSSR count). The minimum Gasteiger partial charge on any atom is -0.352 e. The topological polar surface area (TPSA) is 76.0 Å². The van der Waals surface area contributed by atoms with Crippen molar-refractivity contribution in [2.24, 2.45) is 0 Å². The molecule has 2 N–H and O–H groups in total. The van der Waals surface area contributed by atoms with Crippen molar-refractivity contribution in [3.05, 3.63) is 94.8 Å². The average Bonchev–Trinajstić information content (AvgIpc) is 3.14. The number of nitrogens with zero attached hydrogens (tertiary/aromatic N) is 2. The van der Waals surface area contributed by atoms with Crippen molar-refractivity contribution in [1.82, 2.24) is 14.9 Å². The summed E-state index contributed by atoms with van der Waals surface area (Å²) < 4.78 is 1.92. The van der Waals surface area contributed by atoms with Crippen LogP contribution in [-0.4, -0.2) is 27.9 Å². The van der Waals surface area contributed by atoms with Crippen LogP contribution in [0.15, 0.2) is 66.7 Å². The number of anilines is 1. The van der Waals surface area contributed by atoms with Crippen LogP contribution in [0, 0.1) is 20.8 Å². The van der Waals surface area contributed by atoms with Crippen molar-refractivity contribution in [3.63, 3.8) is 0 Å². The van der Waals surface area contributed by atoms with E-state index in [9.17, 15) is 9.59 Å². The molecule has 0 fully saturated rings. The fourth-order valence-electron chi connectivity index (χ4n) is 3.75. The Morgan fingerprint density at radius 2 is 1.67 bits per heavy atom. The van der Waals surface area contributed by atoms with Crippen molar-refractivity contribution < 1.29 is 9.59 Å². The number of aromatic nitrogens is 2. The molecule has 0 aliphatic heterocycles. The maximum atomic E-state index is 12.8. The summed E-state index contributed by atoms with van der Waals surface area (Å²) in [5.74, 6) is 0.520. The number of carbonyl (C=O) groups excluding carboxylic acids is 2. The van der Waals surface area contributed by atoms with Crippen molar-refractivity contribution in [2.75, 3.05) is 11.9 Å². The number of amides is 2. The van der Waals surface area contributed by atoms with Gasteiger partial charge in [0.25, 0.3) is 5.91 Å². The van der Waals surface area contributed by atoms with Gasteiger partial charge in [-0.15, -0.1) is 0 Å².